The molecule has 0 saturated heterocycles. The lowest BCUT2D eigenvalue weighted by Gasteiger charge is -2.02. The van der Waals surface area contributed by atoms with E-state index in [-0.39, 0.29) is 5.97 Å². The van der Waals surface area contributed by atoms with E-state index in [1.807, 2.05) is 30.3 Å². The molecule has 1 aromatic carbocycles. The van der Waals surface area contributed by atoms with E-state index in [4.69, 9.17) is 9.26 Å². The third-order valence-corrected chi connectivity index (χ3v) is 3.33. The van der Waals surface area contributed by atoms with Crippen LogP contribution in [-0.4, -0.2) is 24.3 Å². The molecule has 0 aliphatic carbocycles. The molecule has 0 atom stereocenters. The van der Waals surface area contributed by atoms with Crippen LogP contribution in [0, 0.1) is 0 Å². The Hall–Kier alpha value is -1.66. The summed E-state index contributed by atoms with van der Waals surface area (Å²) in [6.07, 6.45) is 0.352. The quantitative estimate of drug-likeness (QED) is 0.612. The lowest BCUT2D eigenvalue weighted by molar-refractivity contribution is -0.142. The van der Waals surface area contributed by atoms with Crippen LogP contribution in [0.25, 0.3) is 11.3 Å². The fourth-order valence-corrected chi connectivity index (χ4v) is 2.05. The van der Waals surface area contributed by atoms with Crippen molar-refractivity contribution >= 4 is 21.9 Å². The van der Waals surface area contributed by atoms with Gasteiger partial charge in [-0.05, 0) is 19.1 Å². The van der Waals surface area contributed by atoms with E-state index >= 15 is 0 Å². The fourth-order valence-electron chi connectivity index (χ4n) is 1.79. The maximum atomic E-state index is 11.2. The molecule has 2 rings (SSSR count). The molecule has 0 aliphatic rings. The van der Waals surface area contributed by atoms with Crippen LogP contribution in [0.3, 0.4) is 0 Å². The normalized spacial score (nSPS) is 10.6. The van der Waals surface area contributed by atoms with E-state index in [0.29, 0.717) is 26.1 Å². The van der Waals surface area contributed by atoms with Gasteiger partial charge in [-0.15, -0.1) is 0 Å². The summed E-state index contributed by atoms with van der Waals surface area (Å²) in [5.41, 5.74) is 1.78. The highest BCUT2D eigenvalue weighted by atomic mass is 79.9. The number of aromatic nitrogens is 1. The molecule has 0 amide bonds. The Kier molecular flexibility index (Phi) is 5.95. The molecule has 0 unspecified atom stereocenters. The monoisotopic (exact) mass is 352 g/mol. The number of halogens is 1. The second kappa shape index (κ2) is 7.95. The first-order chi connectivity index (χ1) is 10.2. The summed E-state index contributed by atoms with van der Waals surface area (Å²) in [6.45, 7) is 3.32. The van der Waals surface area contributed by atoms with E-state index < -0.39 is 0 Å². The molecule has 1 aromatic heterocycles. The van der Waals surface area contributed by atoms with Crippen molar-refractivity contribution in [2.24, 2.45) is 0 Å². The summed E-state index contributed by atoms with van der Waals surface area (Å²) in [6, 6.07) is 9.72. The minimum atomic E-state index is -0.194. The molecule has 1 N–H and O–H groups in total. The number of benzene rings is 1. The predicted octanol–water partition coefficient (Wildman–Crippen LogP) is 3.15. The number of hydrogen-bond donors (Lipinski definition) is 1. The zero-order chi connectivity index (χ0) is 15.1. The van der Waals surface area contributed by atoms with Crippen LogP contribution < -0.4 is 5.32 Å². The van der Waals surface area contributed by atoms with E-state index in [2.05, 4.69) is 26.4 Å². The van der Waals surface area contributed by atoms with Gasteiger partial charge in [-0.25, -0.2) is 0 Å². The summed E-state index contributed by atoms with van der Waals surface area (Å²) in [5, 5.41) is 7.14. The number of nitrogens with one attached hydrogen (secondary N) is 1. The first kappa shape index (κ1) is 15.7. The van der Waals surface area contributed by atoms with E-state index in [1.54, 1.807) is 6.92 Å². The van der Waals surface area contributed by atoms with Gasteiger partial charge in [-0.3, -0.25) is 4.79 Å². The lowest BCUT2D eigenvalue weighted by atomic mass is 10.1. The highest BCUT2D eigenvalue weighted by Crippen LogP contribution is 2.22. The van der Waals surface area contributed by atoms with Crippen molar-refractivity contribution in [3.05, 3.63) is 40.5 Å². The predicted molar refractivity (Wildman–Crippen MR) is 82.6 cm³/mol. The summed E-state index contributed by atoms with van der Waals surface area (Å²) in [5.74, 6) is 0.533. The highest BCUT2D eigenvalue weighted by Gasteiger charge is 2.07. The summed E-state index contributed by atoms with van der Waals surface area (Å²) < 4.78 is 11.2. The van der Waals surface area contributed by atoms with Crippen molar-refractivity contribution in [2.45, 2.75) is 19.9 Å². The average molecular weight is 353 g/mol. The third kappa shape index (κ3) is 4.99. The summed E-state index contributed by atoms with van der Waals surface area (Å²) in [7, 11) is 0. The molecule has 0 radical (unpaired) electrons. The highest BCUT2D eigenvalue weighted by molar-refractivity contribution is 9.10. The van der Waals surface area contributed by atoms with E-state index in [0.717, 1.165) is 21.5 Å². The lowest BCUT2D eigenvalue weighted by Crippen LogP contribution is -2.19. The van der Waals surface area contributed by atoms with E-state index in [1.165, 1.54) is 0 Å². The van der Waals surface area contributed by atoms with Gasteiger partial charge >= 0.3 is 5.97 Å². The fraction of sp³-hybridized carbons (Fsp3) is 0.333. The number of carbonyl (C=O) groups excluding carboxylic acids is 1. The standard InChI is InChI=1S/C15H17BrN2O3/c1-2-20-15(19)7-8-17-10-13-9-14(21-18-13)11-3-5-12(16)6-4-11/h3-6,9,17H,2,7-8,10H2,1H3. The van der Waals surface area contributed by atoms with Crippen LogP contribution >= 0.6 is 15.9 Å². The largest absolute Gasteiger partial charge is 0.466 e. The number of esters is 1. The third-order valence-electron chi connectivity index (χ3n) is 2.81. The van der Waals surface area contributed by atoms with Gasteiger partial charge in [0.25, 0.3) is 0 Å². The van der Waals surface area contributed by atoms with Crippen LogP contribution in [0.2, 0.25) is 0 Å². The summed E-state index contributed by atoms with van der Waals surface area (Å²) in [4.78, 5) is 11.2. The maximum absolute atomic E-state index is 11.2. The van der Waals surface area contributed by atoms with Crippen molar-refractivity contribution in [3.63, 3.8) is 0 Å². The number of rotatable bonds is 7. The second-order valence-electron chi connectivity index (χ2n) is 4.42. The Labute approximate surface area is 131 Å². The Bertz CT molecular complexity index is 581. The van der Waals surface area contributed by atoms with Crippen LogP contribution in [0.1, 0.15) is 19.0 Å². The van der Waals surface area contributed by atoms with Crippen LogP contribution in [-0.2, 0) is 16.1 Å². The first-order valence-corrected chi connectivity index (χ1v) is 7.56. The van der Waals surface area contributed by atoms with Crippen molar-refractivity contribution in [1.29, 1.82) is 0 Å². The van der Waals surface area contributed by atoms with Gasteiger partial charge in [-0.1, -0.05) is 33.2 Å². The van der Waals surface area contributed by atoms with Crippen molar-refractivity contribution < 1.29 is 14.1 Å². The molecule has 0 bridgehead atoms. The molecular formula is C15H17BrN2O3. The maximum Gasteiger partial charge on any atom is 0.307 e. The molecule has 0 aliphatic heterocycles. The SMILES string of the molecule is CCOC(=O)CCNCc1cc(-c2ccc(Br)cc2)on1. The van der Waals surface area contributed by atoms with Gasteiger partial charge in [0.2, 0.25) is 0 Å². The second-order valence-corrected chi connectivity index (χ2v) is 5.34. The van der Waals surface area contributed by atoms with Gasteiger partial charge in [-0.2, -0.15) is 0 Å². The number of carbonyl (C=O) groups is 1. The molecule has 1 heterocycles. The number of hydrogen-bond acceptors (Lipinski definition) is 5. The number of nitrogens with zero attached hydrogens (tertiary/aromatic N) is 1. The van der Waals surface area contributed by atoms with Gasteiger partial charge in [0.05, 0.1) is 18.7 Å². The molecule has 21 heavy (non-hydrogen) atoms. The van der Waals surface area contributed by atoms with Crippen LogP contribution in [0.15, 0.2) is 39.3 Å². The van der Waals surface area contributed by atoms with Crippen LogP contribution in [0.5, 0.6) is 0 Å². The molecule has 0 fully saturated rings. The van der Waals surface area contributed by atoms with Crippen LogP contribution in [0.4, 0.5) is 0 Å². The Balaban J connectivity index is 1.81. The minimum Gasteiger partial charge on any atom is -0.466 e. The Morgan fingerprint density at radius 1 is 1.38 bits per heavy atom. The van der Waals surface area contributed by atoms with Gasteiger partial charge in [0.1, 0.15) is 0 Å². The average Bonchev–Trinajstić information content (AvgIpc) is 2.93. The first-order valence-electron chi connectivity index (χ1n) is 6.77. The van der Waals surface area contributed by atoms with Gasteiger partial charge in [0, 0.05) is 29.2 Å². The van der Waals surface area contributed by atoms with Crippen molar-refractivity contribution in [3.8, 4) is 11.3 Å². The minimum absolute atomic E-state index is 0.194. The topological polar surface area (TPSA) is 64.4 Å². The smallest absolute Gasteiger partial charge is 0.307 e. The van der Waals surface area contributed by atoms with Crippen molar-refractivity contribution in [2.75, 3.05) is 13.2 Å². The molecule has 5 nitrogen and oxygen atoms in total. The zero-order valence-electron chi connectivity index (χ0n) is 11.8. The van der Waals surface area contributed by atoms with Gasteiger partial charge in [0.15, 0.2) is 5.76 Å². The number of ether oxygens (including phenoxy) is 1. The Morgan fingerprint density at radius 3 is 2.86 bits per heavy atom. The van der Waals surface area contributed by atoms with Gasteiger partial charge < -0.3 is 14.6 Å². The summed E-state index contributed by atoms with van der Waals surface area (Å²) >= 11 is 3.39. The van der Waals surface area contributed by atoms with E-state index in [9.17, 15) is 4.79 Å². The molecule has 0 spiro atoms. The molecule has 0 saturated carbocycles. The molecule has 6 heteroatoms. The molecular weight excluding hydrogens is 336 g/mol. The molecule has 2 aromatic rings. The van der Waals surface area contributed by atoms with Crippen molar-refractivity contribution in [1.82, 2.24) is 10.5 Å². The zero-order valence-corrected chi connectivity index (χ0v) is 13.4. The molecule has 112 valence electrons. The Morgan fingerprint density at radius 2 is 2.14 bits per heavy atom.